The van der Waals surface area contributed by atoms with Gasteiger partial charge in [0.05, 0.1) is 6.61 Å². The van der Waals surface area contributed by atoms with Crippen LogP contribution in [0.3, 0.4) is 0 Å². The van der Waals surface area contributed by atoms with Crippen LogP contribution in [0, 0.1) is 0 Å². The molecule has 0 bridgehead atoms. The third-order valence-electron chi connectivity index (χ3n) is 1.85. The molecule has 0 unspecified atom stereocenters. The molecule has 10 nitrogen and oxygen atoms in total. The van der Waals surface area contributed by atoms with Gasteiger partial charge in [-0.2, -0.15) is 4.72 Å². The highest BCUT2D eigenvalue weighted by molar-refractivity contribution is 7.89. The van der Waals surface area contributed by atoms with Crippen molar-refractivity contribution in [1.82, 2.24) is 14.7 Å². The van der Waals surface area contributed by atoms with E-state index in [1.54, 1.807) is 9.71 Å². The Morgan fingerprint density at radius 3 is 2.50 bits per heavy atom. The van der Waals surface area contributed by atoms with E-state index in [2.05, 4.69) is 0 Å². The van der Waals surface area contributed by atoms with E-state index in [1.807, 2.05) is 4.98 Å². The number of aliphatic hydroxyl groups excluding tert-OH is 1. The van der Waals surface area contributed by atoms with E-state index in [9.17, 15) is 22.8 Å². The van der Waals surface area contributed by atoms with Crippen LogP contribution in [0.5, 0.6) is 0 Å². The standard InChI is InChI=1S/C7H9N3O7S/c11-2-3(6(13)14)10-18(16,17)4-1-8-7(15)9-5(4)12/h1,3,10-11H,2H2,(H,13,14)(H2,8,9,12,15)/t3-/m0/s1. The Hall–Kier alpha value is -1.98. The van der Waals surface area contributed by atoms with Crippen LogP contribution in [0.25, 0.3) is 0 Å². The van der Waals surface area contributed by atoms with Gasteiger partial charge < -0.3 is 15.2 Å². The second-order valence-electron chi connectivity index (χ2n) is 3.13. The summed E-state index contributed by atoms with van der Waals surface area (Å²) in [6.45, 7) is -0.990. The number of carboxylic acids is 1. The molecule has 0 aliphatic rings. The molecule has 0 aliphatic heterocycles. The maximum absolute atomic E-state index is 11.6. The first-order chi connectivity index (χ1) is 8.27. The Labute approximate surface area is 99.3 Å². The third-order valence-corrected chi connectivity index (χ3v) is 3.33. The van der Waals surface area contributed by atoms with E-state index >= 15 is 0 Å². The number of aliphatic hydroxyl groups is 1. The highest BCUT2D eigenvalue weighted by Gasteiger charge is 2.26. The number of aromatic amines is 2. The molecule has 0 saturated carbocycles. The van der Waals surface area contributed by atoms with Gasteiger partial charge in [0.2, 0.25) is 10.0 Å². The largest absolute Gasteiger partial charge is 0.480 e. The summed E-state index contributed by atoms with van der Waals surface area (Å²) < 4.78 is 24.8. The molecule has 1 atom stereocenters. The molecule has 0 fully saturated rings. The topological polar surface area (TPSA) is 169 Å². The van der Waals surface area contributed by atoms with Crippen LogP contribution in [0.1, 0.15) is 0 Å². The number of H-pyrrole nitrogens is 2. The minimum Gasteiger partial charge on any atom is -0.480 e. The maximum Gasteiger partial charge on any atom is 0.325 e. The lowest BCUT2D eigenvalue weighted by atomic mass is 10.3. The predicted molar refractivity (Wildman–Crippen MR) is 56.5 cm³/mol. The lowest BCUT2D eigenvalue weighted by Gasteiger charge is -2.11. The average Bonchev–Trinajstić information content (AvgIpc) is 2.24. The molecule has 11 heteroatoms. The highest BCUT2D eigenvalue weighted by Crippen LogP contribution is 2.00. The molecule has 18 heavy (non-hydrogen) atoms. The Morgan fingerprint density at radius 1 is 1.44 bits per heavy atom. The number of nitrogens with one attached hydrogen (secondary N) is 3. The molecule has 0 aliphatic carbocycles. The van der Waals surface area contributed by atoms with E-state index in [0.29, 0.717) is 6.20 Å². The molecule has 5 N–H and O–H groups in total. The average molecular weight is 279 g/mol. The van der Waals surface area contributed by atoms with Gasteiger partial charge in [0, 0.05) is 6.20 Å². The summed E-state index contributed by atoms with van der Waals surface area (Å²) in [5.41, 5.74) is -2.11. The van der Waals surface area contributed by atoms with Gasteiger partial charge in [-0.1, -0.05) is 0 Å². The van der Waals surface area contributed by atoms with Crippen molar-refractivity contribution in [3.63, 3.8) is 0 Å². The fourth-order valence-corrected chi connectivity index (χ4v) is 2.20. The summed E-state index contributed by atoms with van der Waals surface area (Å²) in [7, 11) is -4.47. The van der Waals surface area contributed by atoms with E-state index in [4.69, 9.17) is 10.2 Å². The summed E-state index contributed by atoms with van der Waals surface area (Å²) in [6.07, 6.45) is 0.625. The molecule has 0 amide bonds. The predicted octanol–water partition coefficient (Wildman–Crippen LogP) is -3.21. The fourth-order valence-electron chi connectivity index (χ4n) is 1.01. The van der Waals surface area contributed by atoms with Gasteiger partial charge in [-0.25, -0.2) is 13.2 Å². The summed E-state index contributed by atoms with van der Waals surface area (Å²) >= 11 is 0. The molecule has 0 saturated heterocycles. The van der Waals surface area contributed by atoms with Gasteiger partial charge in [0.15, 0.2) is 4.90 Å². The normalized spacial score (nSPS) is 13.2. The second kappa shape index (κ2) is 5.12. The molecule has 0 spiro atoms. The van der Waals surface area contributed by atoms with Crippen LogP contribution in [0.4, 0.5) is 0 Å². The van der Waals surface area contributed by atoms with Crippen molar-refractivity contribution in [2.24, 2.45) is 0 Å². The lowest BCUT2D eigenvalue weighted by molar-refractivity contribution is -0.139. The fraction of sp³-hybridized carbons (Fsp3) is 0.286. The SMILES string of the molecule is O=C(O)[C@H](CO)NS(=O)(=O)c1c[nH]c(=O)[nH]c1=O. The van der Waals surface area contributed by atoms with Gasteiger partial charge in [-0.15, -0.1) is 0 Å². The zero-order chi connectivity index (χ0) is 13.9. The van der Waals surface area contributed by atoms with Crippen LogP contribution in [-0.2, 0) is 14.8 Å². The quantitative estimate of drug-likeness (QED) is 0.377. The van der Waals surface area contributed by atoms with Crippen molar-refractivity contribution in [1.29, 1.82) is 0 Å². The van der Waals surface area contributed by atoms with Crippen LogP contribution < -0.4 is 16.0 Å². The minimum atomic E-state index is -4.47. The molecule has 1 aromatic heterocycles. The molecular formula is C7H9N3O7S. The van der Waals surface area contributed by atoms with E-state index in [-0.39, 0.29) is 0 Å². The number of aromatic nitrogens is 2. The Kier molecular flexibility index (Phi) is 4.00. The van der Waals surface area contributed by atoms with Crippen molar-refractivity contribution >= 4 is 16.0 Å². The Balaban J connectivity index is 3.18. The highest BCUT2D eigenvalue weighted by atomic mass is 32.2. The number of carbonyl (C=O) groups is 1. The lowest BCUT2D eigenvalue weighted by Crippen LogP contribution is -2.45. The molecule has 0 aromatic carbocycles. The van der Waals surface area contributed by atoms with Crippen molar-refractivity contribution in [2.45, 2.75) is 10.9 Å². The number of carboxylic acid groups (broad SMARTS) is 1. The Bertz CT molecular complexity index is 658. The molecule has 1 aromatic rings. The van der Waals surface area contributed by atoms with Crippen molar-refractivity contribution in [2.75, 3.05) is 6.61 Å². The van der Waals surface area contributed by atoms with Crippen LogP contribution >= 0.6 is 0 Å². The zero-order valence-corrected chi connectivity index (χ0v) is 9.52. The van der Waals surface area contributed by atoms with Crippen molar-refractivity contribution in [3.8, 4) is 0 Å². The second-order valence-corrected chi connectivity index (χ2v) is 4.81. The van der Waals surface area contributed by atoms with Gasteiger partial charge in [0.25, 0.3) is 5.56 Å². The van der Waals surface area contributed by atoms with E-state index in [1.165, 1.54) is 0 Å². The first kappa shape index (κ1) is 14.1. The van der Waals surface area contributed by atoms with Crippen molar-refractivity contribution < 1.29 is 23.4 Å². The van der Waals surface area contributed by atoms with Crippen LogP contribution in [0.2, 0.25) is 0 Å². The van der Waals surface area contributed by atoms with Gasteiger partial charge in [0.1, 0.15) is 6.04 Å². The van der Waals surface area contributed by atoms with Gasteiger partial charge in [-0.05, 0) is 0 Å². The van der Waals surface area contributed by atoms with Crippen molar-refractivity contribution in [3.05, 3.63) is 27.0 Å². The van der Waals surface area contributed by atoms with Gasteiger partial charge >= 0.3 is 11.7 Å². The summed E-state index contributed by atoms with van der Waals surface area (Å²) in [6, 6.07) is -1.79. The summed E-state index contributed by atoms with van der Waals surface area (Å²) in [5, 5.41) is 17.2. The summed E-state index contributed by atoms with van der Waals surface area (Å²) in [4.78, 5) is 35.2. The number of sulfonamides is 1. The number of hydrogen-bond acceptors (Lipinski definition) is 6. The third kappa shape index (κ3) is 3.03. The maximum atomic E-state index is 11.6. The molecular weight excluding hydrogens is 270 g/mol. The Morgan fingerprint density at radius 2 is 2.06 bits per heavy atom. The van der Waals surface area contributed by atoms with E-state index < -0.39 is 44.8 Å². The number of rotatable bonds is 5. The summed E-state index contributed by atoms with van der Waals surface area (Å²) in [5.74, 6) is -1.61. The van der Waals surface area contributed by atoms with E-state index in [0.717, 1.165) is 0 Å². The number of aliphatic carboxylic acids is 1. The zero-order valence-electron chi connectivity index (χ0n) is 8.71. The van der Waals surface area contributed by atoms with Crippen LogP contribution in [0.15, 0.2) is 20.7 Å². The van der Waals surface area contributed by atoms with Crippen LogP contribution in [-0.4, -0.2) is 47.2 Å². The minimum absolute atomic E-state index is 0.625. The first-order valence-corrected chi connectivity index (χ1v) is 5.94. The molecule has 100 valence electrons. The smallest absolute Gasteiger partial charge is 0.325 e. The molecule has 1 heterocycles. The molecule has 1 rings (SSSR count). The number of hydrogen-bond donors (Lipinski definition) is 5. The van der Waals surface area contributed by atoms with Gasteiger partial charge in [-0.3, -0.25) is 14.6 Å². The first-order valence-electron chi connectivity index (χ1n) is 4.46. The molecule has 0 radical (unpaired) electrons. The monoisotopic (exact) mass is 279 g/mol.